The molecule has 2 N–H and O–H groups in total. The zero-order valence-electron chi connectivity index (χ0n) is 12.0. The number of ether oxygens (including phenoxy) is 1. The van der Waals surface area contributed by atoms with Gasteiger partial charge < -0.3 is 15.4 Å². The number of nitrogens with zero attached hydrogens (tertiary/aromatic N) is 1. The summed E-state index contributed by atoms with van der Waals surface area (Å²) in [5.41, 5.74) is 5.60. The molecular weight excluding hydrogens is 264 g/mol. The van der Waals surface area contributed by atoms with Crippen LogP contribution in [0, 0.1) is 11.3 Å². The second-order valence-corrected chi connectivity index (χ2v) is 6.78. The highest BCUT2D eigenvalue weighted by atomic mass is 35.5. The predicted octanol–water partition coefficient (Wildman–Crippen LogP) is 1.56. The molecule has 2 saturated carbocycles. The molecule has 1 amide bonds. The van der Waals surface area contributed by atoms with Crippen molar-refractivity contribution in [2.75, 3.05) is 13.7 Å². The number of likely N-dealkylation sites (N-methyl/N-ethyl adjacent to an activating group) is 1. The minimum absolute atomic E-state index is 0. The molecule has 0 aromatic heterocycles. The molecule has 1 aliphatic heterocycles. The fourth-order valence-electron chi connectivity index (χ4n) is 3.93. The van der Waals surface area contributed by atoms with Crippen molar-refractivity contribution in [1.82, 2.24) is 4.90 Å². The van der Waals surface area contributed by atoms with Crippen LogP contribution >= 0.6 is 12.4 Å². The Kier molecular flexibility index (Phi) is 3.65. The highest BCUT2D eigenvalue weighted by Crippen LogP contribution is 2.58. The van der Waals surface area contributed by atoms with Gasteiger partial charge in [0.1, 0.15) is 5.54 Å². The van der Waals surface area contributed by atoms with Crippen LogP contribution in [0.25, 0.3) is 0 Å². The zero-order chi connectivity index (χ0) is 13.1. The van der Waals surface area contributed by atoms with Crippen LogP contribution in [0.2, 0.25) is 0 Å². The summed E-state index contributed by atoms with van der Waals surface area (Å²) in [5.74, 6) is 0.330. The van der Waals surface area contributed by atoms with Crippen LogP contribution in [0.4, 0.5) is 0 Å². The minimum Gasteiger partial charge on any atom is -0.377 e. The van der Waals surface area contributed by atoms with E-state index in [1.165, 1.54) is 0 Å². The van der Waals surface area contributed by atoms with E-state index in [0.29, 0.717) is 6.04 Å². The molecule has 0 aromatic carbocycles. The maximum atomic E-state index is 12.7. The number of fused-ring (bicyclic) bond motifs is 1. The van der Waals surface area contributed by atoms with Crippen molar-refractivity contribution in [1.29, 1.82) is 0 Å². The summed E-state index contributed by atoms with van der Waals surface area (Å²) in [6.45, 7) is 4.98. The lowest BCUT2D eigenvalue weighted by Gasteiger charge is -2.65. The fraction of sp³-hybridized carbons (Fsp3) is 0.929. The zero-order valence-corrected chi connectivity index (χ0v) is 12.8. The lowest BCUT2D eigenvalue weighted by atomic mass is 9.46. The SMILES string of the molecule is CN(C(=O)C1(N)C2CCCOC2C1(C)C)C1CC1.Cl. The first kappa shape index (κ1) is 15.1. The van der Waals surface area contributed by atoms with Crippen molar-refractivity contribution in [3.63, 3.8) is 0 Å². The molecule has 1 saturated heterocycles. The Morgan fingerprint density at radius 1 is 1.32 bits per heavy atom. The number of carbonyl (C=O) groups excluding carboxylic acids is 1. The van der Waals surface area contributed by atoms with Crippen LogP contribution in [0.15, 0.2) is 0 Å². The molecular formula is C14H25ClN2O2. The van der Waals surface area contributed by atoms with E-state index in [1.807, 2.05) is 11.9 Å². The van der Waals surface area contributed by atoms with E-state index in [-0.39, 0.29) is 35.8 Å². The van der Waals surface area contributed by atoms with Gasteiger partial charge in [-0.25, -0.2) is 0 Å². The quantitative estimate of drug-likeness (QED) is 0.839. The van der Waals surface area contributed by atoms with Gasteiger partial charge in [0.15, 0.2) is 0 Å². The number of hydrogen-bond acceptors (Lipinski definition) is 3. The van der Waals surface area contributed by atoms with Gasteiger partial charge in [0, 0.05) is 31.0 Å². The Labute approximate surface area is 121 Å². The Morgan fingerprint density at radius 3 is 2.53 bits per heavy atom. The fourth-order valence-corrected chi connectivity index (χ4v) is 3.93. The van der Waals surface area contributed by atoms with Gasteiger partial charge in [-0.1, -0.05) is 13.8 Å². The summed E-state index contributed by atoms with van der Waals surface area (Å²) in [6, 6.07) is 0.428. The summed E-state index contributed by atoms with van der Waals surface area (Å²) >= 11 is 0. The van der Waals surface area contributed by atoms with Crippen LogP contribution in [0.1, 0.15) is 39.5 Å². The molecule has 0 radical (unpaired) electrons. The van der Waals surface area contributed by atoms with Gasteiger partial charge in [0.25, 0.3) is 0 Å². The number of rotatable bonds is 2. The summed E-state index contributed by atoms with van der Waals surface area (Å²) in [4.78, 5) is 14.6. The number of amides is 1. The third-order valence-corrected chi connectivity index (χ3v) is 5.45. The predicted molar refractivity (Wildman–Crippen MR) is 76.2 cm³/mol. The second kappa shape index (κ2) is 4.61. The third-order valence-electron chi connectivity index (χ3n) is 5.45. The number of carbonyl (C=O) groups is 1. The molecule has 3 rings (SSSR count). The first-order valence-electron chi connectivity index (χ1n) is 7.08. The first-order valence-corrected chi connectivity index (χ1v) is 7.08. The van der Waals surface area contributed by atoms with Gasteiger partial charge in [0.2, 0.25) is 5.91 Å². The van der Waals surface area contributed by atoms with Crippen molar-refractivity contribution >= 4 is 18.3 Å². The second-order valence-electron chi connectivity index (χ2n) is 6.78. The molecule has 3 aliphatic rings. The number of nitrogens with two attached hydrogens (primary N) is 1. The Hall–Kier alpha value is -0.320. The average molecular weight is 289 g/mol. The van der Waals surface area contributed by atoms with Crippen LogP contribution in [-0.2, 0) is 9.53 Å². The molecule has 19 heavy (non-hydrogen) atoms. The standard InChI is InChI=1S/C14H24N2O2.ClH/c1-13(2)11-10(5-4-8-18-11)14(13,15)12(17)16(3)9-6-7-9;/h9-11H,4-8,15H2,1-3H3;1H. The van der Waals surface area contributed by atoms with Crippen LogP contribution in [-0.4, -0.2) is 42.1 Å². The first-order chi connectivity index (χ1) is 8.40. The molecule has 110 valence electrons. The van der Waals surface area contributed by atoms with E-state index in [4.69, 9.17) is 10.5 Å². The average Bonchev–Trinajstić information content (AvgIpc) is 3.20. The Morgan fingerprint density at radius 2 is 1.95 bits per heavy atom. The van der Waals surface area contributed by atoms with Gasteiger partial charge in [-0.15, -0.1) is 12.4 Å². The van der Waals surface area contributed by atoms with E-state index in [1.54, 1.807) is 0 Å². The Balaban J connectivity index is 0.00000133. The van der Waals surface area contributed by atoms with Crippen LogP contribution in [0.5, 0.6) is 0 Å². The number of halogens is 1. The molecule has 0 bridgehead atoms. The van der Waals surface area contributed by atoms with Crippen molar-refractivity contribution in [2.45, 2.75) is 57.2 Å². The van der Waals surface area contributed by atoms with Crippen molar-refractivity contribution in [2.24, 2.45) is 17.1 Å². The molecule has 3 fully saturated rings. The normalized spacial score (nSPS) is 39.6. The monoisotopic (exact) mass is 288 g/mol. The van der Waals surface area contributed by atoms with E-state index in [9.17, 15) is 4.79 Å². The maximum Gasteiger partial charge on any atom is 0.243 e. The molecule has 3 unspecified atom stereocenters. The summed E-state index contributed by atoms with van der Waals surface area (Å²) in [6.07, 6.45) is 4.46. The topological polar surface area (TPSA) is 55.6 Å². The lowest BCUT2D eigenvalue weighted by molar-refractivity contribution is -0.229. The van der Waals surface area contributed by atoms with Gasteiger partial charge in [-0.05, 0) is 25.7 Å². The molecule has 2 aliphatic carbocycles. The summed E-state index contributed by atoms with van der Waals surface area (Å²) in [5, 5.41) is 0. The maximum absolute atomic E-state index is 12.7. The smallest absolute Gasteiger partial charge is 0.243 e. The highest BCUT2D eigenvalue weighted by molar-refractivity contribution is 5.89. The molecule has 3 atom stereocenters. The van der Waals surface area contributed by atoms with E-state index in [0.717, 1.165) is 32.3 Å². The molecule has 5 heteroatoms. The molecule has 4 nitrogen and oxygen atoms in total. The van der Waals surface area contributed by atoms with Gasteiger partial charge in [0.05, 0.1) is 6.10 Å². The lowest BCUT2D eigenvalue weighted by Crippen LogP contribution is -2.82. The van der Waals surface area contributed by atoms with E-state index in [2.05, 4.69) is 13.8 Å². The summed E-state index contributed by atoms with van der Waals surface area (Å²) < 4.78 is 5.84. The van der Waals surface area contributed by atoms with Crippen molar-refractivity contribution in [3.05, 3.63) is 0 Å². The highest BCUT2D eigenvalue weighted by Gasteiger charge is 2.71. The van der Waals surface area contributed by atoms with Crippen molar-refractivity contribution < 1.29 is 9.53 Å². The van der Waals surface area contributed by atoms with Gasteiger partial charge >= 0.3 is 0 Å². The third kappa shape index (κ3) is 1.83. The minimum atomic E-state index is -0.727. The van der Waals surface area contributed by atoms with Crippen LogP contribution in [0.3, 0.4) is 0 Å². The summed E-state index contributed by atoms with van der Waals surface area (Å²) in [7, 11) is 1.90. The molecule has 0 aromatic rings. The van der Waals surface area contributed by atoms with Crippen molar-refractivity contribution in [3.8, 4) is 0 Å². The molecule has 0 spiro atoms. The molecule has 1 heterocycles. The van der Waals surface area contributed by atoms with E-state index >= 15 is 0 Å². The van der Waals surface area contributed by atoms with Gasteiger partial charge in [-0.3, -0.25) is 4.79 Å². The Bertz CT molecular complexity index is 384. The van der Waals surface area contributed by atoms with Crippen LogP contribution < -0.4 is 5.73 Å². The largest absolute Gasteiger partial charge is 0.377 e. The van der Waals surface area contributed by atoms with Gasteiger partial charge in [-0.2, -0.15) is 0 Å². The van der Waals surface area contributed by atoms with E-state index < -0.39 is 5.54 Å². The number of hydrogen-bond donors (Lipinski definition) is 1.